The van der Waals surface area contributed by atoms with E-state index in [1.165, 1.54) is 23.2 Å². The first kappa shape index (κ1) is 9.20. The van der Waals surface area contributed by atoms with Crippen LogP contribution >= 0.6 is 11.3 Å². The zero-order valence-electron chi connectivity index (χ0n) is 9.36. The van der Waals surface area contributed by atoms with E-state index in [9.17, 15) is 0 Å². The lowest BCUT2D eigenvalue weighted by molar-refractivity contribution is 0.597. The predicted octanol–water partition coefficient (Wildman–Crippen LogP) is 3.01. The average molecular weight is 229 g/mol. The molecule has 1 saturated heterocycles. The van der Waals surface area contributed by atoms with Gasteiger partial charge in [-0.1, -0.05) is 25.1 Å². The van der Waals surface area contributed by atoms with Gasteiger partial charge in [0.1, 0.15) is 0 Å². The van der Waals surface area contributed by atoms with E-state index in [1.54, 1.807) is 4.88 Å². The Balaban J connectivity index is 1.88. The third-order valence-corrected chi connectivity index (χ3v) is 5.94. The number of benzene rings is 1. The Morgan fingerprint density at radius 3 is 3.00 bits per heavy atom. The summed E-state index contributed by atoms with van der Waals surface area (Å²) in [7, 11) is 0. The van der Waals surface area contributed by atoms with Crippen molar-refractivity contribution < 1.29 is 0 Å². The lowest BCUT2D eigenvalue weighted by Gasteiger charge is -2.10. The standard InChI is InChI=1S/C14H15NS/c1-9-11-7-15-8-14(9,11)13-6-10-4-2-3-5-12(10)16-13/h2-6,9,11,15H,7-8H2,1H3/t9?,11-,14-/m0/s1. The molecule has 1 N–H and O–H groups in total. The molecular formula is C14H15NS. The van der Waals surface area contributed by atoms with Crippen molar-refractivity contribution in [1.29, 1.82) is 0 Å². The Hall–Kier alpha value is -0.860. The Bertz CT molecular complexity index is 526. The quantitative estimate of drug-likeness (QED) is 0.792. The second-order valence-electron chi connectivity index (χ2n) is 5.21. The molecule has 1 nitrogen and oxygen atoms in total. The number of nitrogens with one attached hydrogen (secondary N) is 1. The number of rotatable bonds is 1. The predicted molar refractivity (Wildman–Crippen MR) is 69.0 cm³/mol. The maximum atomic E-state index is 3.54. The Morgan fingerprint density at radius 1 is 1.38 bits per heavy atom. The third kappa shape index (κ3) is 0.950. The fourth-order valence-electron chi connectivity index (χ4n) is 3.52. The Labute approximate surface area is 99.5 Å². The lowest BCUT2D eigenvalue weighted by Crippen LogP contribution is -2.21. The van der Waals surface area contributed by atoms with Gasteiger partial charge in [-0.05, 0) is 35.9 Å². The maximum Gasteiger partial charge on any atom is 0.0345 e. The van der Waals surface area contributed by atoms with Crippen molar-refractivity contribution in [2.45, 2.75) is 12.3 Å². The van der Waals surface area contributed by atoms with Crippen LogP contribution in [0.1, 0.15) is 11.8 Å². The first-order valence-corrected chi connectivity index (χ1v) is 6.84. The van der Waals surface area contributed by atoms with E-state index in [0.717, 1.165) is 11.8 Å². The second-order valence-corrected chi connectivity index (χ2v) is 6.30. The van der Waals surface area contributed by atoms with Crippen molar-refractivity contribution in [1.82, 2.24) is 5.32 Å². The molecule has 0 spiro atoms. The van der Waals surface area contributed by atoms with Gasteiger partial charge in [0.25, 0.3) is 0 Å². The van der Waals surface area contributed by atoms with Crippen LogP contribution in [0, 0.1) is 11.8 Å². The minimum absolute atomic E-state index is 0.490. The molecule has 1 aromatic carbocycles. The van der Waals surface area contributed by atoms with Gasteiger partial charge in [-0.25, -0.2) is 0 Å². The molecule has 4 rings (SSSR count). The van der Waals surface area contributed by atoms with Crippen LogP contribution in [-0.4, -0.2) is 13.1 Å². The van der Waals surface area contributed by atoms with Crippen molar-refractivity contribution in [2.24, 2.45) is 11.8 Å². The minimum atomic E-state index is 0.490. The molecule has 2 aliphatic rings. The van der Waals surface area contributed by atoms with E-state index in [2.05, 4.69) is 42.6 Å². The molecule has 1 aliphatic carbocycles. The first-order valence-electron chi connectivity index (χ1n) is 6.02. The van der Waals surface area contributed by atoms with Gasteiger partial charge >= 0.3 is 0 Å². The number of piperidine rings is 1. The van der Waals surface area contributed by atoms with E-state index in [0.29, 0.717) is 5.41 Å². The summed E-state index contributed by atoms with van der Waals surface area (Å²) < 4.78 is 1.44. The minimum Gasteiger partial charge on any atom is -0.315 e. The summed E-state index contributed by atoms with van der Waals surface area (Å²) in [6.45, 7) is 4.82. The molecule has 3 atom stereocenters. The van der Waals surface area contributed by atoms with Crippen LogP contribution < -0.4 is 5.32 Å². The number of fused-ring (bicyclic) bond motifs is 2. The SMILES string of the molecule is CC1[C@@H]2CNC[C@]12c1cc2ccccc2s1. The van der Waals surface area contributed by atoms with Crippen molar-refractivity contribution in [2.75, 3.05) is 13.1 Å². The summed E-state index contributed by atoms with van der Waals surface area (Å²) in [6.07, 6.45) is 0. The van der Waals surface area contributed by atoms with Crippen molar-refractivity contribution in [3.63, 3.8) is 0 Å². The van der Waals surface area contributed by atoms with Crippen LogP contribution in [0.4, 0.5) is 0 Å². The highest BCUT2D eigenvalue weighted by Crippen LogP contribution is 2.63. The summed E-state index contributed by atoms with van der Waals surface area (Å²) in [5.41, 5.74) is 0.490. The van der Waals surface area contributed by atoms with Crippen LogP contribution in [0.15, 0.2) is 30.3 Å². The molecule has 0 bridgehead atoms. The van der Waals surface area contributed by atoms with E-state index in [4.69, 9.17) is 0 Å². The number of thiophene rings is 1. The van der Waals surface area contributed by atoms with Gasteiger partial charge < -0.3 is 5.32 Å². The first-order chi connectivity index (χ1) is 7.82. The zero-order chi connectivity index (χ0) is 10.8. The molecule has 1 unspecified atom stereocenters. The molecular weight excluding hydrogens is 214 g/mol. The highest BCUT2D eigenvalue weighted by Gasteiger charge is 2.65. The lowest BCUT2D eigenvalue weighted by atomic mass is 10.0. The third-order valence-electron chi connectivity index (χ3n) is 4.63. The molecule has 1 aromatic heterocycles. The van der Waals surface area contributed by atoms with Crippen LogP contribution in [0.2, 0.25) is 0 Å². The van der Waals surface area contributed by atoms with Gasteiger partial charge in [-0.2, -0.15) is 0 Å². The van der Waals surface area contributed by atoms with Gasteiger partial charge in [0.2, 0.25) is 0 Å². The van der Waals surface area contributed by atoms with Crippen LogP contribution in [-0.2, 0) is 5.41 Å². The summed E-state index contributed by atoms with van der Waals surface area (Å²) >= 11 is 2.00. The van der Waals surface area contributed by atoms with Crippen molar-refractivity contribution in [3.05, 3.63) is 35.2 Å². The van der Waals surface area contributed by atoms with Crippen LogP contribution in [0.25, 0.3) is 10.1 Å². The van der Waals surface area contributed by atoms with Crippen LogP contribution in [0.5, 0.6) is 0 Å². The summed E-state index contributed by atoms with van der Waals surface area (Å²) in [5, 5.41) is 4.96. The summed E-state index contributed by atoms with van der Waals surface area (Å²) in [6, 6.07) is 11.2. The zero-order valence-corrected chi connectivity index (χ0v) is 10.2. The maximum absolute atomic E-state index is 3.54. The summed E-state index contributed by atoms with van der Waals surface area (Å²) in [5.74, 6) is 1.77. The molecule has 2 heteroatoms. The molecule has 16 heavy (non-hydrogen) atoms. The molecule has 0 amide bonds. The highest BCUT2D eigenvalue weighted by molar-refractivity contribution is 7.19. The smallest absolute Gasteiger partial charge is 0.0345 e. The molecule has 2 heterocycles. The number of hydrogen-bond donors (Lipinski definition) is 1. The van der Waals surface area contributed by atoms with Gasteiger partial charge in [-0.3, -0.25) is 0 Å². The fourth-order valence-corrected chi connectivity index (χ4v) is 4.93. The highest BCUT2D eigenvalue weighted by atomic mass is 32.1. The normalized spacial score (nSPS) is 36.6. The average Bonchev–Trinajstić information content (AvgIpc) is 2.78. The molecule has 82 valence electrons. The second kappa shape index (κ2) is 2.88. The van der Waals surface area contributed by atoms with E-state index >= 15 is 0 Å². The summed E-state index contributed by atoms with van der Waals surface area (Å²) in [4.78, 5) is 1.61. The van der Waals surface area contributed by atoms with Gasteiger partial charge in [0.15, 0.2) is 0 Å². The Kier molecular flexibility index (Phi) is 1.65. The Morgan fingerprint density at radius 2 is 2.25 bits per heavy atom. The molecule has 2 aromatic rings. The fraction of sp³-hybridized carbons (Fsp3) is 0.429. The molecule has 1 aliphatic heterocycles. The van der Waals surface area contributed by atoms with Crippen molar-refractivity contribution in [3.8, 4) is 0 Å². The number of hydrogen-bond acceptors (Lipinski definition) is 2. The van der Waals surface area contributed by atoms with E-state index in [-0.39, 0.29) is 0 Å². The van der Waals surface area contributed by atoms with Gasteiger partial charge in [0.05, 0.1) is 0 Å². The van der Waals surface area contributed by atoms with E-state index < -0.39 is 0 Å². The van der Waals surface area contributed by atoms with E-state index in [1.807, 2.05) is 11.3 Å². The van der Waals surface area contributed by atoms with Crippen LogP contribution in [0.3, 0.4) is 0 Å². The molecule has 0 radical (unpaired) electrons. The van der Waals surface area contributed by atoms with Gasteiger partial charge in [0, 0.05) is 21.5 Å². The molecule has 2 fully saturated rings. The monoisotopic (exact) mass is 229 g/mol. The van der Waals surface area contributed by atoms with Crippen molar-refractivity contribution >= 4 is 21.4 Å². The van der Waals surface area contributed by atoms with Gasteiger partial charge in [-0.15, -0.1) is 11.3 Å². The largest absolute Gasteiger partial charge is 0.315 e. The molecule has 1 saturated carbocycles. The topological polar surface area (TPSA) is 12.0 Å².